The highest BCUT2D eigenvalue weighted by Crippen LogP contribution is 2.31. The van der Waals surface area contributed by atoms with Gasteiger partial charge in [-0.05, 0) is 40.0 Å². The Balaban J connectivity index is 1.83. The molecule has 0 bridgehead atoms. The van der Waals surface area contributed by atoms with E-state index < -0.39 is 0 Å². The first kappa shape index (κ1) is 14.6. The molecule has 118 valence electrons. The number of rotatable bonds is 3. The molecule has 9 heteroatoms. The molecule has 0 aliphatic rings. The summed E-state index contributed by atoms with van der Waals surface area (Å²) < 4.78 is 9.78. The zero-order chi connectivity index (χ0) is 16.1. The van der Waals surface area contributed by atoms with Crippen LogP contribution < -0.4 is 0 Å². The molecular weight excluding hydrogens is 380 g/mol. The van der Waals surface area contributed by atoms with Gasteiger partial charge in [0, 0.05) is 7.05 Å². The SMILES string of the molecule is CC(C)c1cc(-c2nnc3sc(-c4ccc(Br)o4)nn23)n(C)n1. The second kappa shape index (κ2) is 5.27. The van der Waals surface area contributed by atoms with Crippen molar-refractivity contribution in [3.05, 3.63) is 28.6 Å². The van der Waals surface area contributed by atoms with Crippen molar-refractivity contribution in [2.45, 2.75) is 19.8 Å². The van der Waals surface area contributed by atoms with Crippen molar-refractivity contribution < 1.29 is 4.42 Å². The van der Waals surface area contributed by atoms with Gasteiger partial charge in [-0.15, -0.1) is 15.3 Å². The summed E-state index contributed by atoms with van der Waals surface area (Å²) in [6.07, 6.45) is 0. The number of fused-ring (bicyclic) bond motifs is 1. The number of nitrogens with zero attached hydrogens (tertiary/aromatic N) is 6. The molecule has 0 atom stereocenters. The average Bonchev–Trinajstić information content (AvgIpc) is 3.21. The maximum Gasteiger partial charge on any atom is 0.235 e. The zero-order valence-electron chi connectivity index (χ0n) is 12.7. The molecule has 4 aromatic rings. The maximum absolute atomic E-state index is 5.56. The first-order valence-electron chi connectivity index (χ1n) is 7.05. The van der Waals surface area contributed by atoms with Crippen LogP contribution in [0.5, 0.6) is 0 Å². The standard InChI is InChI=1S/C14H13BrN6OS/c1-7(2)8-6-9(20(3)18-8)12-16-17-14-21(12)19-13(23-14)10-4-5-11(15)22-10/h4-7H,1-3H3. The summed E-state index contributed by atoms with van der Waals surface area (Å²) in [6, 6.07) is 5.74. The molecule has 0 aromatic carbocycles. The predicted octanol–water partition coefficient (Wildman–Crippen LogP) is 3.73. The van der Waals surface area contributed by atoms with Crippen LogP contribution in [0, 0.1) is 0 Å². The molecule has 0 saturated heterocycles. The molecule has 0 N–H and O–H groups in total. The Morgan fingerprint density at radius 1 is 1.22 bits per heavy atom. The second-order valence-electron chi connectivity index (χ2n) is 5.46. The van der Waals surface area contributed by atoms with Gasteiger partial charge in [-0.25, -0.2) is 0 Å². The number of hydrogen-bond acceptors (Lipinski definition) is 6. The highest BCUT2D eigenvalue weighted by Gasteiger charge is 2.19. The molecule has 0 spiro atoms. The van der Waals surface area contributed by atoms with Crippen LogP contribution in [-0.2, 0) is 7.05 Å². The Morgan fingerprint density at radius 3 is 2.70 bits per heavy atom. The van der Waals surface area contributed by atoms with Crippen LogP contribution in [0.4, 0.5) is 0 Å². The smallest absolute Gasteiger partial charge is 0.235 e. The van der Waals surface area contributed by atoms with Crippen molar-refractivity contribution in [3.8, 4) is 22.3 Å². The highest BCUT2D eigenvalue weighted by molar-refractivity contribution is 9.10. The summed E-state index contributed by atoms with van der Waals surface area (Å²) in [5.41, 5.74) is 1.91. The lowest BCUT2D eigenvalue weighted by molar-refractivity contribution is 0.554. The molecule has 0 unspecified atom stereocenters. The number of halogens is 1. The zero-order valence-corrected chi connectivity index (χ0v) is 15.1. The van der Waals surface area contributed by atoms with Crippen LogP contribution in [0.25, 0.3) is 27.2 Å². The number of aryl methyl sites for hydroxylation is 1. The molecule has 4 rings (SSSR count). The van der Waals surface area contributed by atoms with E-state index in [4.69, 9.17) is 4.42 Å². The average molecular weight is 393 g/mol. The van der Waals surface area contributed by atoms with Gasteiger partial charge in [-0.2, -0.15) is 9.61 Å². The third-order valence-electron chi connectivity index (χ3n) is 3.49. The van der Waals surface area contributed by atoms with E-state index in [-0.39, 0.29) is 0 Å². The number of hydrogen-bond donors (Lipinski definition) is 0. The third-order valence-corrected chi connectivity index (χ3v) is 4.83. The molecular formula is C14H13BrN6OS. The van der Waals surface area contributed by atoms with Crippen LogP contribution in [0.2, 0.25) is 0 Å². The van der Waals surface area contributed by atoms with Crippen molar-refractivity contribution in [2.75, 3.05) is 0 Å². The Labute approximate surface area is 144 Å². The molecule has 0 amide bonds. The van der Waals surface area contributed by atoms with E-state index >= 15 is 0 Å². The number of aromatic nitrogens is 6. The van der Waals surface area contributed by atoms with E-state index in [2.05, 4.69) is 50.2 Å². The second-order valence-corrected chi connectivity index (χ2v) is 7.20. The van der Waals surface area contributed by atoms with Gasteiger partial charge in [0.2, 0.25) is 10.8 Å². The summed E-state index contributed by atoms with van der Waals surface area (Å²) in [6.45, 7) is 4.22. The molecule has 4 heterocycles. The van der Waals surface area contributed by atoms with Gasteiger partial charge >= 0.3 is 0 Å². The summed E-state index contributed by atoms with van der Waals surface area (Å²) in [5, 5.41) is 18.3. The lowest BCUT2D eigenvalue weighted by Crippen LogP contribution is -1.99. The van der Waals surface area contributed by atoms with Gasteiger partial charge in [-0.1, -0.05) is 25.2 Å². The van der Waals surface area contributed by atoms with Crippen molar-refractivity contribution in [1.82, 2.24) is 29.6 Å². The minimum Gasteiger partial charge on any atom is -0.447 e. The largest absolute Gasteiger partial charge is 0.447 e. The minimum atomic E-state index is 0.352. The van der Waals surface area contributed by atoms with Gasteiger partial charge in [0.15, 0.2) is 15.4 Å². The predicted molar refractivity (Wildman–Crippen MR) is 90.4 cm³/mol. The van der Waals surface area contributed by atoms with Crippen molar-refractivity contribution in [2.24, 2.45) is 7.05 Å². The van der Waals surface area contributed by atoms with Crippen molar-refractivity contribution in [3.63, 3.8) is 0 Å². The Kier molecular flexibility index (Phi) is 3.34. The first-order chi connectivity index (χ1) is 11.0. The normalized spacial score (nSPS) is 11.9. The lowest BCUT2D eigenvalue weighted by Gasteiger charge is -1.96. The first-order valence-corrected chi connectivity index (χ1v) is 8.66. The maximum atomic E-state index is 5.56. The van der Waals surface area contributed by atoms with E-state index in [1.165, 1.54) is 11.3 Å². The highest BCUT2D eigenvalue weighted by atomic mass is 79.9. The molecule has 23 heavy (non-hydrogen) atoms. The fourth-order valence-electron chi connectivity index (χ4n) is 2.29. The van der Waals surface area contributed by atoms with Gasteiger partial charge in [0.05, 0.1) is 5.69 Å². The Hall–Kier alpha value is -2.00. The van der Waals surface area contributed by atoms with Gasteiger partial charge in [-0.3, -0.25) is 4.68 Å². The Morgan fingerprint density at radius 2 is 2.04 bits per heavy atom. The van der Waals surface area contributed by atoms with E-state index in [1.54, 1.807) is 4.52 Å². The fraction of sp³-hybridized carbons (Fsp3) is 0.286. The lowest BCUT2D eigenvalue weighted by atomic mass is 10.1. The van der Waals surface area contributed by atoms with Crippen LogP contribution in [0.3, 0.4) is 0 Å². The molecule has 7 nitrogen and oxygen atoms in total. The summed E-state index contributed by atoms with van der Waals surface area (Å²) >= 11 is 4.74. The van der Waals surface area contributed by atoms with Gasteiger partial charge in [0.1, 0.15) is 5.69 Å². The molecule has 0 saturated carbocycles. The van der Waals surface area contributed by atoms with Crippen LogP contribution in [-0.4, -0.2) is 29.6 Å². The number of furan rings is 1. The molecule has 0 radical (unpaired) electrons. The fourth-order valence-corrected chi connectivity index (χ4v) is 3.39. The van der Waals surface area contributed by atoms with E-state index in [0.29, 0.717) is 22.2 Å². The van der Waals surface area contributed by atoms with Gasteiger partial charge in [0.25, 0.3) is 0 Å². The monoisotopic (exact) mass is 392 g/mol. The van der Waals surface area contributed by atoms with Crippen LogP contribution in [0.1, 0.15) is 25.5 Å². The molecule has 0 aliphatic heterocycles. The quantitative estimate of drug-likeness (QED) is 0.530. The minimum absolute atomic E-state index is 0.352. The van der Waals surface area contributed by atoms with Crippen LogP contribution in [0.15, 0.2) is 27.3 Å². The van der Waals surface area contributed by atoms with Crippen molar-refractivity contribution >= 4 is 32.2 Å². The molecule has 0 aliphatic carbocycles. The van der Waals surface area contributed by atoms with E-state index in [0.717, 1.165) is 21.4 Å². The molecule has 0 fully saturated rings. The van der Waals surface area contributed by atoms with E-state index in [1.807, 2.05) is 29.9 Å². The van der Waals surface area contributed by atoms with Gasteiger partial charge < -0.3 is 4.42 Å². The molecule has 4 aromatic heterocycles. The third kappa shape index (κ3) is 2.40. The summed E-state index contributed by atoms with van der Waals surface area (Å²) in [7, 11) is 1.90. The topological polar surface area (TPSA) is 74.0 Å². The van der Waals surface area contributed by atoms with Crippen molar-refractivity contribution in [1.29, 1.82) is 0 Å². The Bertz CT molecular complexity index is 994. The summed E-state index contributed by atoms with van der Waals surface area (Å²) in [5.74, 6) is 1.73. The van der Waals surface area contributed by atoms with Crippen LogP contribution >= 0.6 is 27.3 Å². The summed E-state index contributed by atoms with van der Waals surface area (Å²) in [4.78, 5) is 0.717. The van der Waals surface area contributed by atoms with E-state index in [9.17, 15) is 0 Å².